The van der Waals surface area contributed by atoms with Crippen molar-refractivity contribution >= 4 is 42.1 Å². The number of rotatable bonds is 29. The first-order valence-electron chi connectivity index (χ1n) is 20.8. The molecule has 2 aromatic rings. The quantitative estimate of drug-likeness (QED) is 0.0364. The first kappa shape index (κ1) is 53.0. The largest absolute Gasteiger partial charge is 0.391 e. The minimum absolute atomic E-state index is 0.0201. The highest BCUT2D eigenvalue weighted by atomic mass is 16.3. The SMILES string of the molecule is C[C@@H](O)[C@H](NC[C@@](C=O)(CCN)NC[C@](N)(C=O)CCN)C(=O)NCC[C@H](NC(=O)Cc1ccc(C(C)(C)C)cc1)C(=O)N[C@@H](CCN)C(=O)N[C@H](Cc1ccccc1)C(N)=O. The summed E-state index contributed by atoms with van der Waals surface area (Å²) in [4.78, 5) is 90.8. The Balaban J connectivity index is 2.28. The normalized spacial score (nSPS) is 15.9. The predicted octanol–water partition coefficient (Wildman–Crippen LogP) is -2.98. The Hall–Kier alpha value is -5.15. The van der Waals surface area contributed by atoms with Gasteiger partial charge in [-0.1, -0.05) is 75.4 Å². The molecule has 7 atom stereocenters. The third kappa shape index (κ3) is 17.7. The number of aldehydes is 2. The van der Waals surface area contributed by atoms with Crippen LogP contribution in [0.5, 0.6) is 0 Å². The van der Waals surface area contributed by atoms with Gasteiger partial charge in [-0.15, -0.1) is 0 Å². The number of carbonyl (C=O) groups excluding carboxylic acids is 7. The van der Waals surface area contributed by atoms with E-state index in [-0.39, 0.29) is 83.2 Å². The summed E-state index contributed by atoms with van der Waals surface area (Å²) in [5.74, 6) is -3.48. The average molecular weight is 868 g/mol. The second-order valence-corrected chi connectivity index (χ2v) is 16.8. The fourth-order valence-corrected chi connectivity index (χ4v) is 6.54. The third-order valence-electron chi connectivity index (χ3n) is 10.4. The number of hydrogen-bond donors (Lipinski definition) is 12. The Kier molecular flexibility index (Phi) is 22.0. The Bertz CT molecular complexity index is 1760. The summed E-state index contributed by atoms with van der Waals surface area (Å²) in [5, 5.41) is 27.1. The number of amides is 5. The van der Waals surface area contributed by atoms with Crippen LogP contribution in [-0.2, 0) is 51.8 Å². The lowest BCUT2D eigenvalue weighted by molar-refractivity contribution is -0.133. The molecule has 0 aliphatic rings. The molecule has 17 N–H and O–H groups in total. The van der Waals surface area contributed by atoms with Gasteiger partial charge in [0.1, 0.15) is 36.7 Å². The summed E-state index contributed by atoms with van der Waals surface area (Å²) in [7, 11) is 0. The van der Waals surface area contributed by atoms with Crippen molar-refractivity contribution in [3.63, 3.8) is 0 Å². The summed E-state index contributed by atoms with van der Waals surface area (Å²) in [6.45, 7) is 7.21. The van der Waals surface area contributed by atoms with Crippen molar-refractivity contribution < 1.29 is 38.7 Å². The molecule has 2 aromatic carbocycles. The molecule has 0 unspecified atom stereocenters. The summed E-state index contributed by atoms with van der Waals surface area (Å²) >= 11 is 0. The lowest BCUT2D eigenvalue weighted by atomic mass is 9.86. The maximum absolute atomic E-state index is 13.9. The van der Waals surface area contributed by atoms with Crippen LogP contribution in [0.25, 0.3) is 0 Å². The number of benzene rings is 2. The molecule has 5 amide bonds. The molecule has 0 aromatic heterocycles. The van der Waals surface area contributed by atoms with Gasteiger partial charge in [-0.2, -0.15) is 0 Å². The van der Waals surface area contributed by atoms with Crippen molar-refractivity contribution in [2.45, 2.75) is 113 Å². The van der Waals surface area contributed by atoms with Crippen LogP contribution < -0.4 is 60.6 Å². The molecule has 344 valence electrons. The highest BCUT2D eigenvalue weighted by Crippen LogP contribution is 2.22. The fourth-order valence-electron chi connectivity index (χ4n) is 6.54. The van der Waals surface area contributed by atoms with Gasteiger partial charge in [-0.3, -0.25) is 24.0 Å². The maximum atomic E-state index is 13.9. The summed E-state index contributed by atoms with van der Waals surface area (Å²) in [5.41, 5.74) is 28.6. The molecule has 0 aliphatic heterocycles. The zero-order chi connectivity index (χ0) is 46.5. The fraction of sp³-hybridized carbons (Fsp3) is 0.558. The van der Waals surface area contributed by atoms with Crippen LogP contribution in [0.2, 0.25) is 0 Å². The number of hydrogen-bond acceptors (Lipinski definition) is 14. The Labute approximate surface area is 364 Å². The molecule has 2 rings (SSSR count). The Morgan fingerprint density at radius 2 is 1.32 bits per heavy atom. The first-order chi connectivity index (χ1) is 29.2. The van der Waals surface area contributed by atoms with E-state index < -0.39 is 70.9 Å². The Morgan fingerprint density at radius 1 is 0.726 bits per heavy atom. The van der Waals surface area contributed by atoms with Crippen LogP contribution in [0.15, 0.2) is 54.6 Å². The summed E-state index contributed by atoms with van der Waals surface area (Å²) in [6, 6.07) is 11.5. The van der Waals surface area contributed by atoms with Crippen molar-refractivity contribution in [2.24, 2.45) is 28.7 Å². The lowest BCUT2D eigenvalue weighted by Gasteiger charge is -2.35. The topological polar surface area (TPSA) is 342 Å². The molecule has 62 heavy (non-hydrogen) atoms. The van der Waals surface area contributed by atoms with Gasteiger partial charge >= 0.3 is 0 Å². The van der Waals surface area contributed by atoms with Crippen LogP contribution in [0.1, 0.15) is 70.1 Å². The molecule has 19 nitrogen and oxygen atoms in total. The van der Waals surface area contributed by atoms with Gasteiger partial charge in [0.2, 0.25) is 29.5 Å². The van der Waals surface area contributed by atoms with Crippen LogP contribution in [0, 0.1) is 0 Å². The number of aliphatic hydroxyl groups is 1. The van der Waals surface area contributed by atoms with Crippen LogP contribution in [-0.4, -0.2) is 128 Å². The zero-order valence-corrected chi connectivity index (χ0v) is 36.4. The molecule has 0 saturated carbocycles. The van der Waals surface area contributed by atoms with Crippen molar-refractivity contribution in [3.05, 3.63) is 71.3 Å². The molecule has 0 fully saturated rings. The molecule has 0 heterocycles. The van der Waals surface area contributed by atoms with E-state index in [0.717, 1.165) is 11.1 Å². The van der Waals surface area contributed by atoms with Gasteiger partial charge < -0.3 is 75.3 Å². The monoisotopic (exact) mass is 868 g/mol. The number of aliphatic hydroxyl groups excluding tert-OH is 1. The van der Waals surface area contributed by atoms with Crippen molar-refractivity contribution in [1.29, 1.82) is 0 Å². The highest BCUT2D eigenvalue weighted by Gasteiger charge is 2.36. The molecule has 0 aliphatic carbocycles. The van der Waals surface area contributed by atoms with Crippen LogP contribution in [0.4, 0.5) is 0 Å². The van der Waals surface area contributed by atoms with E-state index >= 15 is 0 Å². The minimum atomic E-state index is -1.38. The van der Waals surface area contributed by atoms with Gasteiger partial charge in [0.05, 0.1) is 23.6 Å². The predicted molar refractivity (Wildman–Crippen MR) is 236 cm³/mol. The molecule has 19 heteroatoms. The highest BCUT2D eigenvalue weighted by molar-refractivity contribution is 5.94. The average Bonchev–Trinajstić information content (AvgIpc) is 3.22. The zero-order valence-electron chi connectivity index (χ0n) is 36.4. The third-order valence-corrected chi connectivity index (χ3v) is 10.4. The molecule has 0 radical (unpaired) electrons. The van der Waals surface area contributed by atoms with E-state index in [9.17, 15) is 38.7 Å². The number of nitrogens with two attached hydrogens (primary N) is 5. The molecular formula is C43H69N11O8. The van der Waals surface area contributed by atoms with E-state index in [1.165, 1.54) is 6.92 Å². The summed E-state index contributed by atoms with van der Waals surface area (Å²) < 4.78 is 0. The van der Waals surface area contributed by atoms with Crippen molar-refractivity contribution in [2.75, 3.05) is 39.3 Å². The summed E-state index contributed by atoms with van der Waals surface area (Å²) in [6.07, 6.45) is -0.0681. The second kappa shape index (κ2) is 25.7. The molecular weight excluding hydrogens is 799 g/mol. The maximum Gasteiger partial charge on any atom is 0.243 e. The lowest BCUT2D eigenvalue weighted by Crippen LogP contribution is -2.64. The number of primary amides is 1. The standard InChI is InChI=1S/C43H69N11O8/c1-28(57)36(50-25-43(27-56,17-20-46)51-24-42(48,26-55)16-19-45)40(62)49-21-15-33(52-35(58)23-30-10-12-31(13-11-30)41(2,3)4)39(61)53-32(14-18-44)38(60)54-34(37(47)59)22-29-8-6-5-7-9-29/h5-13,26-28,32-34,36,50-51,57H,14-25,44-46,48H2,1-4H3,(H2,47,59)(H,49,62)(H,52,58)(H,53,61)(H,54,60)/t28-,32+,33+,34-,36+,42+,43-/m1/s1. The van der Waals surface area contributed by atoms with Gasteiger partial charge in [0, 0.05) is 26.1 Å². The first-order valence-corrected chi connectivity index (χ1v) is 20.8. The van der Waals surface area contributed by atoms with Crippen LogP contribution in [0.3, 0.4) is 0 Å². The van der Waals surface area contributed by atoms with Gasteiger partial charge in [0.25, 0.3) is 0 Å². The Morgan fingerprint density at radius 3 is 1.84 bits per heavy atom. The van der Waals surface area contributed by atoms with E-state index in [1.807, 2.05) is 24.3 Å². The number of carbonyl (C=O) groups is 7. The van der Waals surface area contributed by atoms with Crippen molar-refractivity contribution in [1.82, 2.24) is 31.9 Å². The van der Waals surface area contributed by atoms with Gasteiger partial charge in [-0.25, -0.2) is 0 Å². The van der Waals surface area contributed by atoms with E-state index in [4.69, 9.17) is 28.7 Å². The van der Waals surface area contributed by atoms with Gasteiger partial charge in [-0.05, 0) is 74.3 Å². The van der Waals surface area contributed by atoms with Gasteiger partial charge in [0.15, 0.2) is 0 Å². The minimum Gasteiger partial charge on any atom is -0.391 e. The van der Waals surface area contributed by atoms with E-state index in [1.54, 1.807) is 30.3 Å². The van der Waals surface area contributed by atoms with Crippen LogP contribution >= 0.6 is 0 Å². The molecule has 0 spiro atoms. The molecule has 0 bridgehead atoms. The van der Waals surface area contributed by atoms with E-state index in [0.29, 0.717) is 18.1 Å². The number of nitrogens with one attached hydrogen (secondary N) is 6. The van der Waals surface area contributed by atoms with E-state index in [2.05, 4.69) is 52.7 Å². The smallest absolute Gasteiger partial charge is 0.243 e. The van der Waals surface area contributed by atoms with Crippen molar-refractivity contribution in [3.8, 4) is 0 Å². The molecule has 0 saturated heterocycles. The second-order valence-electron chi connectivity index (χ2n) is 16.8.